The van der Waals surface area contributed by atoms with Crippen LogP contribution in [0.4, 0.5) is 5.82 Å². The average molecular weight is 509 g/mol. The number of hydrogen-bond donors (Lipinski definition) is 8. The molecule has 7 atom stereocenters. The predicted molar refractivity (Wildman–Crippen MR) is 96.2 cm³/mol. The first-order valence-electron chi connectivity index (χ1n) is 8.10. The number of nitrogens with two attached hydrogens (primary N) is 1. The topological polar surface area (TPSA) is 278 Å². The summed E-state index contributed by atoms with van der Waals surface area (Å²) >= 11 is 0. The van der Waals surface area contributed by atoms with E-state index in [1.165, 1.54) is 17.2 Å². The van der Waals surface area contributed by atoms with Gasteiger partial charge in [0.1, 0.15) is 30.2 Å². The third kappa shape index (κ3) is 5.84. The summed E-state index contributed by atoms with van der Waals surface area (Å²) in [6.07, 6.45) is -4.09. The van der Waals surface area contributed by atoms with Crippen LogP contribution in [0.15, 0.2) is 11.3 Å². The standard InChI is InChI=1S/C10H18N5O13P3/c11-8-5-9(13-2-12-8)15(3-14-5)10-7(17)6(16)4(26-10)1-25-30(21,22)28-31(23,24)27-29(18,19)20/h2-4,6-8,10,16-17H,1,11H2,(H,12,13)(H,21,22)(H,23,24)(H2,18,19,20)/t4-,6?,7?,8?,10-/m1/s1. The molecule has 0 spiro atoms. The Morgan fingerprint density at radius 3 is 2.45 bits per heavy atom. The van der Waals surface area contributed by atoms with E-state index >= 15 is 0 Å². The van der Waals surface area contributed by atoms with Crippen molar-refractivity contribution in [3.8, 4) is 0 Å². The number of aromatic nitrogens is 2. The van der Waals surface area contributed by atoms with Crippen LogP contribution in [0.5, 0.6) is 0 Å². The zero-order chi connectivity index (χ0) is 23.2. The Hall–Kier alpha value is -1.07. The van der Waals surface area contributed by atoms with Crippen LogP contribution in [-0.2, 0) is 31.6 Å². The fourth-order valence-electron chi connectivity index (χ4n) is 2.73. The maximum absolute atomic E-state index is 11.8. The van der Waals surface area contributed by atoms with Crippen molar-refractivity contribution in [2.24, 2.45) is 10.7 Å². The predicted octanol–water partition coefficient (Wildman–Crippen LogP) is -1.93. The first kappa shape index (κ1) is 24.6. The first-order valence-corrected chi connectivity index (χ1v) is 12.6. The molecule has 3 rings (SSSR count). The number of nitrogens with one attached hydrogen (secondary N) is 1. The van der Waals surface area contributed by atoms with E-state index in [0.717, 1.165) is 0 Å². The average Bonchev–Trinajstić information content (AvgIpc) is 3.13. The van der Waals surface area contributed by atoms with Crippen molar-refractivity contribution in [3.63, 3.8) is 0 Å². The molecule has 0 aliphatic carbocycles. The summed E-state index contributed by atoms with van der Waals surface area (Å²) < 4.78 is 52.0. The maximum Gasteiger partial charge on any atom is 0.490 e. The van der Waals surface area contributed by atoms with Crippen LogP contribution in [0.25, 0.3) is 0 Å². The van der Waals surface area contributed by atoms with Gasteiger partial charge in [-0.2, -0.15) is 8.62 Å². The Bertz CT molecular complexity index is 995. The number of imidazole rings is 1. The first-order chi connectivity index (χ1) is 14.2. The molecule has 9 N–H and O–H groups in total. The summed E-state index contributed by atoms with van der Waals surface area (Å²) in [5, 5.41) is 23.1. The van der Waals surface area contributed by atoms with Crippen molar-refractivity contribution in [3.05, 3.63) is 12.0 Å². The third-order valence-electron chi connectivity index (χ3n) is 3.96. The highest BCUT2D eigenvalue weighted by Crippen LogP contribution is 2.66. The molecule has 1 aromatic heterocycles. The summed E-state index contributed by atoms with van der Waals surface area (Å²) in [6.45, 7) is -0.945. The lowest BCUT2D eigenvalue weighted by atomic mass is 10.1. The highest BCUT2D eigenvalue weighted by atomic mass is 31.3. The van der Waals surface area contributed by atoms with Gasteiger partial charge in [0, 0.05) is 0 Å². The van der Waals surface area contributed by atoms with Gasteiger partial charge in [0.05, 0.1) is 19.3 Å². The molecule has 176 valence electrons. The van der Waals surface area contributed by atoms with Crippen LogP contribution >= 0.6 is 23.5 Å². The third-order valence-corrected chi connectivity index (χ3v) is 7.76. The van der Waals surface area contributed by atoms with Gasteiger partial charge in [0.15, 0.2) is 12.0 Å². The van der Waals surface area contributed by atoms with E-state index < -0.39 is 60.8 Å². The van der Waals surface area contributed by atoms with Crippen LogP contribution in [0.2, 0.25) is 0 Å². The Balaban J connectivity index is 1.66. The number of phosphoric acid groups is 3. The molecule has 0 bridgehead atoms. The molecule has 2 aliphatic heterocycles. The van der Waals surface area contributed by atoms with Gasteiger partial charge < -0.3 is 45.6 Å². The molecule has 0 aromatic carbocycles. The van der Waals surface area contributed by atoms with Crippen LogP contribution in [-0.4, -0.2) is 70.6 Å². The molecule has 21 heteroatoms. The highest BCUT2D eigenvalue weighted by molar-refractivity contribution is 7.66. The summed E-state index contributed by atoms with van der Waals surface area (Å²) in [7, 11) is -16.7. The second-order valence-electron chi connectivity index (χ2n) is 6.20. The Labute approximate surface area is 172 Å². The molecule has 3 heterocycles. The minimum absolute atomic E-state index is 0.219. The monoisotopic (exact) mass is 509 g/mol. The molecule has 0 radical (unpaired) electrons. The number of phosphoric ester groups is 1. The zero-order valence-corrected chi connectivity index (χ0v) is 17.7. The van der Waals surface area contributed by atoms with Crippen molar-refractivity contribution in [1.82, 2.24) is 14.9 Å². The lowest BCUT2D eigenvalue weighted by Crippen LogP contribution is -2.34. The van der Waals surface area contributed by atoms with Crippen LogP contribution < -0.4 is 11.1 Å². The summed E-state index contributed by atoms with van der Waals surface area (Å²) in [4.78, 5) is 43.7. The normalized spacial score (nSPS) is 32.2. The lowest BCUT2D eigenvalue weighted by molar-refractivity contribution is -0.0512. The lowest BCUT2D eigenvalue weighted by Gasteiger charge is -2.20. The minimum atomic E-state index is -5.70. The molecule has 1 saturated heterocycles. The molecule has 18 nitrogen and oxygen atoms in total. The minimum Gasteiger partial charge on any atom is -0.387 e. The van der Waals surface area contributed by atoms with Gasteiger partial charge in [-0.1, -0.05) is 0 Å². The molecule has 31 heavy (non-hydrogen) atoms. The highest BCUT2D eigenvalue weighted by Gasteiger charge is 2.47. The van der Waals surface area contributed by atoms with Gasteiger partial charge in [-0.25, -0.2) is 23.7 Å². The fraction of sp³-hybridized carbons (Fsp3) is 0.600. The number of fused-ring (bicyclic) bond motifs is 1. The number of ether oxygens (including phenoxy) is 1. The summed E-state index contributed by atoms with van der Waals surface area (Å²) in [5.41, 5.74) is 6.13. The second kappa shape index (κ2) is 8.70. The Kier molecular flexibility index (Phi) is 6.90. The van der Waals surface area contributed by atoms with Crippen molar-refractivity contribution < 1.29 is 61.4 Å². The quantitative estimate of drug-likeness (QED) is 0.177. The van der Waals surface area contributed by atoms with E-state index in [4.69, 9.17) is 25.2 Å². The molecular weight excluding hydrogens is 491 g/mol. The van der Waals surface area contributed by atoms with Gasteiger partial charge in [0.2, 0.25) is 0 Å². The smallest absolute Gasteiger partial charge is 0.387 e. The number of nitrogens with zero attached hydrogens (tertiary/aromatic N) is 3. The second-order valence-corrected chi connectivity index (χ2v) is 10.6. The van der Waals surface area contributed by atoms with E-state index in [-0.39, 0.29) is 5.82 Å². The van der Waals surface area contributed by atoms with E-state index in [1.54, 1.807) is 0 Å². The molecule has 0 amide bonds. The van der Waals surface area contributed by atoms with E-state index in [9.17, 15) is 28.8 Å². The van der Waals surface area contributed by atoms with E-state index in [2.05, 4.69) is 28.4 Å². The Morgan fingerprint density at radius 1 is 1.13 bits per heavy atom. The van der Waals surface area contributed by atoms with Crippen molar-refractivity contribution in [2.45, 2.75) is 30.7 Å². The number of hydrogen-bond acceptors (Lipinski definition) is 13. The van der Waals surface area contributed by atoms with Crippen molar-refractivity contribution >= 4 is 35.6 Å². The van der Waals surface area contributed by atoms with Gasteiger partial charge in [0.25, 0.3) is 0 Å². The van der Waals surface area contributed by atoms with E-state index in [1.807, 2.05) is 0 Å². The molecule has 5 unspecified atom stereocenters. The number of aliphatic imine (C=N–C) groups is 1. The van der Waals surface area contributed by atoms with Crippen molar-refractivity contribution in [1.29, 1.82) is 0 Å². The number of rotatable bonds is 8. The van der Waals surface area contributed by atoms with E-state index in [0.29, 0.717) is 5.69 Å². The molecule has 1 fully saturated rings. The van der Waals surface area contributed by atoms with Crippen LogP contribution in [0.3, 0.4) is 0 Å². The van der Waals surface area contributed by atoms with Gasteiger partial charge in [-0.05, 0) is 0 Å². The van der Waals surface area contributed by atoms with Crippen LogP contribution in [0.1, 0.15) is 18.1 Å². The van der Waals surface area contributed by atoms with Gasteiger partial charge >= 0.3 is 23.5 Å². The number of aliphatic hydroxyl groups is 2. The summed E-state index contributed by atoms with van der Waals surface area (Å²) in [5.74, 6) is 0.219. The molecular formula is C10H18N5O13P3. The fourth-order valence-corrected chi connectivity index (χ4v) is 5.76. The van der Waals surface area contributed by atoms with Gasteiger partial charge in [-0.15, -0.1) is 0 Å². The Morgan fingerprint density at radius 2 is 1.81 bits per heavy atom. The van der Waals surface area contributed by atoms with Crippen LogP contribution in [0, 0.1) is 0 Å². The molecule has 2 aliphatic rings. The van der Waals surface area contributed by atoms with Gasteiger partial charge in [-0.3, -0.25) is 9.09 Å². The summed E-state index contributed by atoms with van der Waals surface area (Å²) in [6, 6.07) is 0. The SMILES string of the molecule is NC1NC=Nc2c1ncn2[C@@H]1O[C@H](COP(=O)(O)OP(=O)(O)OP(=O)(O)O)C(O)C1O. The molecule has 0 saturated carbocycles. The zero-order valence-electron chi connectivity index (χ0n) is 15.1. The number of aliphatic hydroxyl groups excluding tert-OH is 2. The van der Waals surface area contributed by atoms with Crippen molar-refractivity contribution in [2.75, 3.05) is 6.61 Å². The molecule has 1 aromatic rings. The maximum atomic E-state index is 11.8. The largest absolute Gasteiger partial charge is 0.490 e.